The van der Waals surface area contributed by atoms with Crippen molar-refractivity contribution in [2.75, 3.05) is 12.4 Å². The van der Waals surface area contributed by atoms with Crippen LogP contribution in [0.2, 0.25) is 0 Å². The predicted molar refractivity (Wildman–Crippen MR) is 103 cm³/mol. The van der Waals surface area contributed by atoms with E-state index in [4.69, 9.17) is 4.74 Å². The van der Waals surface area contributed by atoms with Crippen molar-refractivity contribution >= 4 is 28.3 Å². The number of nitrogens with one attached hydrogen (secondary N) is 1. The smallest absolute Gasteiger partial charge is 0.276 e. The van der Waals surface area contributed by atoms with E-state index in [2.05, 4.69) is 10.3 Å². The van der Waals surface area contributed by atoms with E-state index in [0.717, 1.165) is 5.52 Å². The lowest BCUT2D eigenvalue weighted by Crippen LogP contribution is -2.25. The van der Waals surface area contributed by atoms with Crippen LogP contribution in [0.3, 0.4) is 0 Å². The number of aromatic nitrogens is 3. The number of hydrogen-bond acceptors (Lipinski definition) is 4. The van der Waals surface area contributed by atoms with E-state index in [1.807, 2.05) is 40.9 Å². The molecule has 0 bridgehead atoms. The first-order valence-electron chi connectivity index (χ1n) is 8.56. The molecule has 0 radical (unpaired) electrons. The quantitative estimate of drug-likeness (QED) is 0.592. The molecule has 3 heterocycles. The molecule has 4 rings (SSSR count). The van der Waals surface area contributed by atoms with Gasteiger partial charge in [0.1, 0.15) is 11.3 Å². The van der Waals surface area contributed by atoms with Crippen LogP contribution in [0.5, 0.6) is 5.75 Å². The van der Waals surface area contributed by atoms with Gasteiger partial charge < -0.3 is 14.5 Å². The third kappa shape index (κ3) is 3.03. The molecule has 0 fully saturated rings. The second-order valence-electron chi connectivity index (χ2n) is 6.06. The van der Waals surface area contributed by atoms with E-state index in [-0.39, 0.29) is 24.4 Å². The predicted octanol–water partition coefficient (Wildman–Crippen LogP) is 2.69. The average Bonchev–Trinajstić information content (AvgIpc) is 3.19. The molecule has 0 aliphatic carbocycles. The number of carbonyl (C=O) groups excluding carboxylic acids is 1. The summed E-state index contributed by atoms with van der Waals surface area (Å²) in [5.74, 6) is 0.385. The van der Waals surface area contributed by atoms with E-state index in [1.165, 1.54) is 0 Å². The number of pyridine rings is 1. The number of ether oxygens (including phenoxy) is 1. The van der Waals surface area contributed by atoms with Crippen molar-refractivity contribution < 1.29 is 9.53 Å². The van der Waals surface area contributed by atoms with Gasteiger partial charge in [0.05, 0.1) is 18.3 Å². The summed E-state index contributed by atoms with van der Waals surface area (Å²) in [6, 6.07) is 14.5. The molecule has 1 aromatic carbocycles. The molecule has 1 amide bonds. The van der Waals surface area contributed by atoms with Gasteiger partial charge in [0.2, 0.25) is 5.91 Å². The molecule has 3 aromatic heterocycles. The number of nitrogens with zero attached hydrogens (tertiary/aromatic N) is 3. The number of rotatable bonds is 5. The molecule has 27 heavy (non-hydrogen) atoms. The molecule has 0 saturated carbocycles. The maximum absolute atomic E-state index is 12.8. The standard InChI is InChI=1S/C20H18N4O3/c1-27-17-9-3-2-6-14(17)22-18(25)10-13-24-19-15(7-4-11-21-19)23-12-5-8-16(23)20(24)26/h2-9,11-12H,10,13H2,1H3,(H,22,25). The average molecular weight is 362 g/mol. The third-order valence-corrected chi connectivity index (χ3v) is 4.44. The normalized spacial score (nSPS) is 11.0. The van der Waals surface area contributed by atoms with E-state index in [0.29, 0.717) is 22.6 Å². The number of benzene rings is 1. The number of anilines is 1. The molecular formula is C20H18N4O3. The Bertz CT molecular complexity index is 1190. The van der Waals surface area contributed by atoms with Gasteiger partial charge in [-0.15, -0.1) is 0 Å². The maximum atomic E-state index is 12.8. The number of fused-ring (bicyclic) bond motifs is 3. The first-order chi connectivity index (χ1) is 13.2. The van der Waals surface area contributed by atoms with Gasteiger partial charge >= 0.3 is 0 Å². The van der Waals surface area contributed by atoms with Gasteiger partial charge in [-0.2, -0.15) is 0 Å². The van der Waals surface area contributed by atoms with Gasteiger partial charge in [0, 0.05) is 25.4 Å². The highest BCUT2D eigenvalue weighted by Crippen LogP contribution is 2.23. The van der Waals surface area contributed by atoms with Gasteiger partial charge in [-0.05, 0) is 36.4 Å². The molecule has 0 aliphatic rings. The Hall–Kier alpha value is -3.61. The van der Waals surface area contributed by atoms with E-state index in [1.54, 1.807) is 36.1 Å². The Morgan fingerprint density at radius 1 is 1.11 bits per heavy atom. The minimum atomic E-state index is -0.203. The van der Waals surface area contributed by atoms with Crippen LogP contribution in [-0.2, 0) is 11.3 Å². The second-order valence-corrected chi connectivity index (χ2v) is 6.06. The van der Waals surface area contributed by atoms with Gasteiger partial charge in [0.15, 0.2) is 5.65 Å². The first kappa shape index (κ1) is 16.8. The summed E-state index contributed by atoms with van der Waals surface area (Å²) >= 11 is 0. The lowest BCUT2D eigenvalue weighted by molar-refractivity contribution is -0.116. The van der Waals surface area contributed by atoms with Crippen LogP contribution in [-0.4, -0.2) is 27.0 Å². The van der Waals surface area contributed by atoms with Crippen molar-refractivity contribution in [3.8, 4) is 5.75 Å². The summed E-state index contributed by atoms with van der Waals surface area (Å²) in [7, 11) is 1.55. The summed E-state index contributed by atoms with van der Waals surface area (Å²) in [6.45, 7) is 0.231. The monoisotopic (exact) mass is 362 g/mol. The van der Waals surface area contributed by atoms with Crippen LogP contribution in [0.15, 0.2) is 65.7 Å². The summed E-state index contributed by atoms with van der Waals surface area (Å²) in [5.41, 5.74) is 2.36. The number of carbonyl (C=O) groups is 1. The zero-order chi connectivity index (χ0) is 18.8. The van der Waals surface area contributed by atoms with E-state index in [9.17, 15) is 9.59 Å². The lowest BCUT2D eigenvalue weighted by atomic mass is 10.2. The zero-order valence-electron chi connectivity index (χ0n) is 14.8. The molecule has 0 aliphatic heterocycles. The van der Waals surface area contributed by atoms with Crippen molar-refractivity contribution in [3.05, 3.63) is 71.3 Å². The Labute approximate surface area is 154 Å². The van der Waals surface area contributed by atoms with Crippen LogP contribution >= 0.6 is 0 Å². The molecule has 7 nitrogen and oxygen atoms in total. The van der Waals surface area contributed by atoms with Crippen molar-refractivity contribution in [2.24, 2.45) is 0 Å². The Kier molecular flexibility index (Phi) is 4.33. The molecule has 7 heteroatoms. The highest BCUT2D eigenvalue weighted by atomic mass is 16.5. The Morgan fingerprint density at radius 2 is 1.93 bits per heavy atom. The van der Waals surface area contributed by atoms with E-state index >= 15 is 0 Å². The minimum Gasteiger partial charge on any atom is -0.495 e. The number of methoxy groups -OCH3 is 1. The Morgan fingerprint density at radius 3 is 2.78 bits per heavy atom. The highest BCUT2D eigenvalue weighted by molar-refractivity contribution is 5.92. The van der Waals surface area contributed by atoms with Gasteiger partial charge in [0.25, 0.3) is 5.56 Å². The maximum Gasteiger partial charge on any atom is 0.276 e. The van der Waals surface area contributed by atoms with Crippen molar-refractivity contribution in [1.29, 1.82) is 0 Å². The van der Waals surface area contributed by atoms with Gasteiger partial charge in [-0.25, -0.2) is 4.98 Å². The SMILES string of the molecule is COc1ccccc1NC(=O)CCn1c(=O)c2cccn2c2cccnc21. The van der Waals surface area contributed by atoms with E-state index < -0.39 is 0 Å². The van der Waals surface area contributed by atoms with Crippen LogP contribution < -0.4 is 15.6 Å². The van der Waals surface area contributed by atoms with Crippen LogP contribution in [0.4, 0.5) is 5.69 Å². The molecule has 0 saturated heterocycles. The van der Waals surface area contributed by atoms with Crippen LogP contribution in [0, 0.1) is 0 Å². The minimum absolute atomic E-state index is 0.139. The number of amides is 1. The van der Waals surface area contributed by atoms with Crippen molar-refractivity contribution in [3.63, 3.8) is 0 Å². The van der Waals surface area contributed by atoms with Crippen LogP contribution in [0.25, 0.3) is 16.7 Å². The van der Waals surface area contributed by atoms with Gasteiger partial charge in [-0.1, -0.05) is 12.1 Å². The zero-order valence-corrected chi connectivity index (χ0v) is 14.8. The third-order valence-electron chi connectivity index (χ3n) is 4.44. The van der Waals surface area contributed by atoms with Gasteiger partial charge in [-0.3, -0.25) is 14.2 Å². The Balaban J connectivity index is 1.62. The topological polar surface area (TPSA) is 77.6 Å². The molecule has 0 atom stereocenters. The number of para-hydroxylation sites is 2. The molecule has 1 N–H and O–H groups in total. The summed E-state index contributed by atoms with van der Waals surface area (Å²) in [4.78, 5) is 29.6. The molecule has 4 aromatic rings. The fourth-order valence-corrected chi connectivity index (χ4v) is 3.17. The van der Waals surface area contributed by atoms with Crippen molar-refractivity contribution in [1.82, 2.24) is 14.0 Å². The first-order valence-corrected chi connectivity index (χ1v) is 8.56. The lowest BCUT2D eigenvalue weighted by Gasteiger charge is -2.12. The number of hydrogen-bond donors (Lipinski definition) is 1. The molecule has 0 unspecified atom stereocenters. The summed E-state index contributed by atoms with van der Waals surface area (Å²) in [5, 5.41) is 2.83. The fraction of sp³-hybridized carbons (Fsp3) is 0.150. The summed E-state index contributed by atoms with van der Waals surface area (Å²) < 4.78 is 8.61. The van der Waals surface area contributed by atoms with Crippen LogP contribution in [0.1, 0.15) is 6.42 Å². The molecule has 0 spiro atoms. The molecule has 136 valence electrons. The van der Waals surface area contributed by atoms with Crippen molar-refractivity contribution in [2.45, 2.75) is 13.0 Å². The largest absolute Gasteiger partial charge is 0.495 e. The second kappa shape index (κ2) is 6.95. The number of aryl methyl sites for hydroxylation is 1. The summed E-state index contributed by atoms with van der Waals surface area (Å²) in [6.07, 6.45) is 3.61. The highest BCUT2D eigenvalue weighted by Gasteiger charge is 2.13. The fourth-order valence-electron chi connectivity index (χ4n) is 3.17. The molecular weight excluding hydrogens is 344 g/mol.